The van der Waals surface area contributed by atoms with Crippen LogP contribution in [0.3, 0.4) is 0 Å². The summed E-state index contributed by atoms with van der Waals surface area (Å²) in [6, 6.07) is 58.4. The molecule has 0 spiro atoms. The molecule has 16 rings (SSSR count). The van der Waals surface area contributed by atoms with E-state index in [1.54, 1.807) is 0 Å². The second-order valence-corrected chi connectivity index (χ2v) is 20.7. The molecule has 0 amide bonds. The molecule has 0 saturated heterocycles. The molecule has 8 nitrogen and oxygen atoms in total. The van der Waals surface area contributed by atoms with Gasteiger partial charge in [-0.25, -0.2) is 0 Å². The zero-order valence-corrected chi connectivity index (χ0v) is 42.8. The minimum absolute atomic E-state index is 0.780. The van der Waals surface area contributed by atoms with Crippen molar-refractivity contribution in [3.63, 3.8) is 0 Å². The number of benzene rings is 7. The third-order valence-electron chi connectivity index (χ3n) is 15.7. The lowest BCUT2D eigenvalue weighted by molar-refractivity contribution is 0.600. The van der Waals surface area contributed by atoms with E-state index in [9.17, 15) is 0 Å². The molecule has 366 valence electrons. The highest BCUT2D eigenvalue weighted by Gasteiger charge is 2.24. The SMILES string of the molecule is C=Cc1c(/C(=C\C)c2cccc(-n3c4ccncc4c4cnccc43)c2)oc2c(-c3cccc4c3sc3c(-c5cccc6c5oc5c(-c7cccc(-n8c9ccncc9c9cnccc98)c7)cccc56)cccc34)cccc12. The first kappa shape index (κ1) is 44.1. The average molecular weight is 1020 g/mol. The molecule has 0 aliphatic rings. The molecule has 9 aromatic heterocycles. The van der Waals surface area contributed by atoms with Crippen molar-refractivity contribution in [3.05, 3.63) is 243 Å². The van der Waals surface area contributed by atoms with Crippen LogP contribution in [-0.4, -0.2) is 29.1 Å². The largest absolute Gasteiger partial charge is 0.455 e. The number of pyridine rings is 4. The molecule has 0 N–H and O–H groups in total. The van der Waals surface area contributed by atoms with Gasteiger partial charge >= 0.3 is 0 Å². The first-order valence-electron chi connectivity index (χ1n) is 26.0. The van der Waals surface area contributed by atoms with E-state index >= 15 is 0 Å². The van der Waals surface area contributed by atoms with Crippen LogP contribution in [-0.2, 0) is 0 Å². The van der Waals surface area contributed by atoms with Crippen molar-refractivity contribution in [2.24, 2.45) is 0 Å². The smallest absolute Gasteiger partial charge is 0.143 e. The van der Waals surface area contributed by atoms with Crippen molar-refractivity contribution >= 4 is 120 Å². The highest BCUT2D eigenvalue weighted by Crippen LogP contribution is 2.49. The van der Waals surface area contributed by atoms with E-state index in [1.807, 2.05) is 67.0 Å². The predicted octanol–water partition coefficient (Wildman–Crippen LogP) is 18.6. The summed E-state index contributed by atoms with van der Waals surface area (Å²) in [5.41, 5.74) is 18.3. The Labute approximate surface area is 449 Å². The number of fused-ring (bicyclic) bond motifs is 13. The van der Waals surface area contributed by atoms with Gasteiger partial charge in [-0.05, 0) is 66.6 Å². The maximum absolute atomic E-state index is 7.17. The molecule has 0 unspecified atom stereocenters. The molecule has 9 heteroatoms. The van der Waals surface area contributed by atoms with Gasteiger partial charge in [0, 0.05) is 158 Å². The summed E-state index contributed by atoms with van der Waals surface area (Å²) in [5, 5.41) is 9.82. The van der Waals surface area contributed by atoms with Crippen molar-refractivity contribution in [2.45, 2.75) is 6.92 Å². The van der Waals surface area contributed by atoms with E-state index in [4.69, 9.17) is 8.83 Å². The second kappa shape index (κ2) is 17.2. The monoisotopic (exact) mass is 1020 g/mol. The number of aromatic nitrogens is 6. The van der Waals surface area contributed by atoms with Crippen molar-refractivity contribution in [1.29, 1.82) is 0 Å². The predicted molar refractivity (Wildman–Crippen MR) is 322 cm³/mol. The number of rotatable bonds is 8. The van der Waals surface area contributed by atoms with E-state index in [-0.39, 0.29) is 0 Å². The summed E-state index contributed by atoms with van der Waals surface area (Å²) in [4.78, 5) is 17.8. The molecule has 0 saturated carbocycles. The normalized spacial score (nSPS) is 12.3. The van der Waals surface area contributed by atoms with Gasteiger partial charge in [-0.2, -0.15) is 0 Å². The molecule has 0 atom stereocenters. The quantitative estimate of drug-likeness (QED) is 0.151. The zero-order chi connectivity index (χ0) is 51.6. The fourth-order valence-corrected chi connectivity index (χ4v) is 13.6. The Kier molecular flexibility index (Phi) is 9.70. The highest BCUT2D eigenvalue weighted by molar-refractivity contribution is 7.27. The third-order valence-corrected chi connectivity index (χ3v) is 17.0. The van der Waals surface area contributed by atoms with Crippen molar-refractivity contribution < 1.29 is 8.83 Å². The molecule has 0 fully saturated rings. The minimum Gasteiger partial charge on any atom is -0.455 e. The fraction of sp³-hybridized carbons (Fsp3) is 0.0145. The lowest BCUT2D eigenvalue weighted by Crippen LogP contribution is -1.96. The van der Waals surface area contributed by atoms with Crippen LogP contribution in [0.5, 0.6) is 0 Å². The van der Waals surface area contributed by atoms with Gasteiger partial charge in [0.1, 0.15) is 22.5 Å². The molecule has 7 aromatic carbocycles. The van der Waals surface area contributed by atoms with Crippen LogP contribution in [0.2, 0.25) is 0 Å². The second-order valence-electron chi connectivity index (χ2n) is 19.7. The van der Waals surface area contributed by atoms with Crippen LogP contribution in [0, 0.1) is 0 Å². The van der Waals surface area contributed by atoms with E-state index < -0.39 is 0 Å². The third kappa shape index (κ3) is 6.39. The summed E-state index contributed by atoms with van der Waals surface area (Å²) < 4.78 is 21.3. The van der Waals surface area contributed by atoms with Gasteiger partial charge in [0.25, 0.3) is 0 Å². The molecule has 0 radical (unpaired) electrons. The van der Waals surface area contributed by atoms with Crippen molar-refractivity contribution in [1.82, 2.24) is 29.1 Å². The summed E-state index contributed by atoms with van der Waals surface area (Å²) in [5.74, 6) is 0.780. The van der Waals surface area contributed by atoms with E-state index in [0.29, 0.717) is 0 Å². The van der Waals surface area contributed by atoms with Gasteiger partial charge < -0.3 is 18.0 Å². The van der Waals surface area contributed by atoms with E-state index in [1.165, 1.54) is 20.2 Å². The van der Waals surface area contributed by atoms with Crippen LogP contribution in [0.1, 0.15) is 23.8 Å². The summed E-state index contributed by atoms with van der Waals surface area (Å²) >= 11 is 1.82. The lowest BCUT2D eigenvalue weighted by Gasteiger charge is -2.12. The Morgan fingerprint density at radius 1 is 0.436 bits per heavy atom. The van der Waals surface area contributed by atoms with Crippen molar-refractivity contribution in [3.8, 4) is 44.8 Å². The van der Waals surface area contributed by atoms with Crippen LogP contribution in [0.4, 0.5) is 0 Å². The fourth-order valence-electron chi connectivity index (χ4n) is 12.3. The number of para-hydroxylation sites is 3. The standard InChI is InChI=1S/C69H42N6O2S/c1-3-44(40-12-5-14-42(34-40)74-60-26-30-70-36-56(60)57-37-71-31-27-61(57)74)64-45(4-2)47-17-8-20-50(66(47)76-64)52-22-10-24-54-55-25-11-23-53(69(55)78-68(52)54)51-21-9-19-49-48-18-7-16-46(65(48)77-67(49)51)41-13-6-15-43(35-41)75-62-28-32-72-38-58(62)59-39-73-33-29-63(59)75/h3-39H,2H2,1H3/b44-3-. The highest BCUT2D eigenvalue weighted by atomic mass is 32.1. The number of hydrogen-bond donors (Lipinski definition) is 0. The molecular formula is C69H42N6O2S. The Hall–Kier alpha value is -10.2. The van der Waals surface area contributed by atoms with Crippen molar-refractivity contribution in [2.75, 3.05) is 0 Å². The van der Waals surface area contributed by atoms with Gasteiger partial charge in [0.2, 0.25) is 0 Å². The number of furan rings is 2. The van der Waals surface area contributed by atoms with E-state index in [0.717, 1.165) is 144 Å². The first-order valence-corrected chi connectivity index (χ1v) is 26.8. The molecule has 0 bridgehead atoms. The zero-order valence-electron chi connectivity index (χ0n) is 42.0. The topological polar surface area (TPSA) is 87.7 Å². The molecule has 78 heavy (non-hydrogen) atoms. The summed E-state index contributed by atoms with van der Waals surface area (Å²) in [6.07, 6.45) is 19.1. The number of hydrogen-bond acceptors (Lipinski definition) is 7. The Bertz CT molecular complexity index is 5110. The molecule has 16 aromatic rings. The minimum atomic E-state index is 0.780. The van der Waals surface area contributed by atoms with Crippen LogP contribution in [0.25, 0.3) is 153 Å². The van der Waals surface area contributed by atoms with Gasteiger partial charge in [-0.15, -0.1) is 11.3 Å². The van der Waals surface area contributed by atoms with Crippen LogP contribution >= 0.6 is 11.3 Å². The number of allylic oxidation sites excluding steroid dienone is 1. The maximum Gasteiger partial charge on any atom is 0.143 e. The van der Waals surface area contributed by atoms with Crippen LogP contribution < -0.4 is 0 Å². The van der Waals surface area contributed by atoms with Gasteiger partial charge in [0.15, 0.2) is 0 Å². The summed E-state index contributed by atoms with van der Waals surface area (Å²) in [7, 11) is 0. The summed E-state index contributed by atoms with van der Waals surface area (Å²) in [6.45, 7) is 6.42. The Morgan fingerprint density at radius 2 is 0.872 bits per heavy atom. The molecule has 0 aliphatic carbocycles. The number of nitrogens with zero attached hydrogens (tertiary/aromatic N) is 6. The molecular weight excluding hydrogens is 977 g/mol. The molecule has 9 heterocycles. The number of thiophene rings is 1. The van der Waals surface area contributed by atoms with Crippen LogP contribution in [0.15, 0.2) is 235 Å². The maximum atomic E-state index is 7.17. The van der Waals surface area contributed by atoms with Gasteiger partial charge in [0.05, 0.1) is 22.1 Å². The Balaban J connectivity index is 0.809. The van der Waals surface area contributed by atoms with Gasteiger partial charge in [-0.1, -0.05) is 134 Å². The molecule has 0 aliphatic heterocycles. The van der Waals surface area contributed by atoms with E-state index in [2.05, 4.69) is 212 Å². The lowest BCUT2D eigenvalue weighted by atomic mass is 9.96. The average Bonchev–Trinajstić information content (AvgIpc) is 4.40. The first-order chi connectivity index (χ1) is 38.6. The Morgan fingerprint density at radius 3 is 1.40 bits per heavy atom. The van der Waals surface area contributed by atoms with Gasteiger partial charge in [-0.3, -0.25) is 19.9 Å².